The van der Waals surface area contributed by atoms with Crippen LogP contribution in [0.3, 0.4) is 0 Å². The number of nitrogens with one attached hydrogen (secondary N) is 2. The number of rotatable bonds is 9. The minimum absolute atomic E-state index is 0.0499. The van der Waals surface area contributed by atoms with Crippen LogP contribution in [-0.2, 0) is 4.79 Å². The van der Waals surface area contributed by atoms with Crippen LogP contribution in [0.5, 0.6) is 5.75 Å². The average molecular weight is 412 g/mol. The molecule has 6 nitrogen and oxygen atoms in total. The van der Waals surface area contributed by atoms with Crippen molar-refractivity contribution in [2.75, 3.05) is 26.0 Å². The van der Waals surface area contributed by atoms with Crippen LogP contribution in [0.4, 0.5) is 4.79 Å². The predicted octanol–water partition coefficient (Wildman–Crippen LogP) is 2.90. The fourth-order valence-electron chi connectivity index (χ4n) is 3.43. The third-order valence-electron chi connectivity index (χ3n) is 5.01. The number of amides is 3. The molecule has 1 aromatic rings. The number of likely N-dealkylation sites (N-methyl/N-ethyl adjacent to an activating group) is 1. The third-order valence-corrected chi connectivity index (χ3v) is 6.83. The van der Waals surface area contributed by atoms with Gasteiger partial charge in [-0.25, -0.2) is 4.79 Å². The van der Waals surface area contributed by atoms with Crippen LogP contribution in [0, 0.1) is 0 Å². The van der Waals surface area contributed by atoms with E-state index in [2.05, 4.69) is 10.6 Å². The first-order valence-corrected chi connectivity index (χ1v) is 10.8. The normalized spacial score (nSPS) is 23.5. The summed E-state index contributed by atoms with van der Waals surface area (Å²) < 4.78 is 5.63. The molecule has 2 aliphatic rings. The van der Waals surface area contributed by atoms with E-state index in [-0.39, 0.29) is 24.0 Å². The van der Waals surface area contributed by atoms with Crippen molar-refractivity contribution in [2.45, 2.75) is 43.0 Å². The summed E-state index contributed by atoms with van der Waals surface area (Å²) in [7, 11) is 1.80. The molecule has 0 bridgehead atoms. The maximum absolute atomic E-state index is 12.2. The lowest BCUT2D eigenvalue weighted by molar-refractivity contribution is -0.130. The van der Waals surface area contributed by atoms with Crippen molar-refractivity contribution >= 4 is 35.3 Å². The van der Waals surface area contributed by atoms with E-state index >= 15 is 0 Å². The first kappa shape index (κ1) is 20.1. The summed E-state index contributed by atoms with van der Waals surface area (Å²) in [6.45, 7) is 0.949. The molecule has 3 atom stereocenters. The molecule has 3 rings (SSSR count). The molecular formula is C19H26ClN3O3S. The zero-order valence-corrected chi connectivity index (χ0v) is 17.0. The number of urea groups is 1. The summed E-state index contributed by atoms with van der Waals surface area (Å²) in [5.74, 6) is 1.74. The smallest absolute Gasteiger partial charge is 0.315 e. The second-order valence-electron chi connectivity index (χ2n) is 6.96. The summed E-state index contributed by atoms with van der Waals surface area (Å²) in [4.78, 5) is 25.3. The topological polar surface area (TPSA) is 70.7 Å². The highest BCUT2D eigenvalue weighted by atomic mass is 35.5. The minimum Gasteiger partial charge on any atom is -0.490 e. The molecule has 8 heteroatoms. The summed E-state index contributed by atoms with van der Waals surface area (Å²) in [5, 5.41) is 6.98. The quantitative estimate of drug-likeness (QED) is 0.484. The SMILES string of the molecule is CN(CCOc1ccccc1Cl)C(=O)CCCC[C@@H]1SC[C@@H]2NC(=O)N[C@H]21. The van der Waals surface area contributed by atoms with Crippen LogP contribution in [0.25, 0.3) is 0 Å². The van der Waals surface area contributed by atoms with Gasteiger partial charge in [-0.15, -0.1) is 0 Å². The van der Waals surface area contributed by atoms with Gasteiger partial charge in [-0.1, -0.05) is 30.2 Å². The lowest BCUT2D eigenvalue weighted by Gasteiger charge is -2.19. The van der Waals surface area contributed by atoms with E-state index in [4.69, 9.17) is 16.3 Å². The van der Waals surface area contributed by atoms with Crippen molar-refractivity contribution < 1.29 is 14.3 Å². The van der Waals surface area contributed by atoms with Gasteiger partial charge in [0, 0.05) is 24.5 Å². The molecular weight excluding hydrogens is 386 g/mol. The maximum atomic E-state index is 12.2. The largest absolute Gasteiger partial charge is 0.490 e. The minimum atomic E-state index is -0.0499. The molecule has 0 saturated carbocycles. The lowest BCUT2D eigenvalue weighted by Crippen LogP contribution is -2.36. The third kappa shape index (κ3) is 5.45. The van der Waals surface area contributed by atoms with Gasteiger partial charge in [0.25, 0.3) is 0 Å². The van der Waals surface area contributed by atoms with Gasteiger partial charge in [0.1, 0.15) is 12.4 Å². The van der Waals surface area contributed by atoms with Crippen molar-refractivity contribution in [3.8, 4) is 5.75 Å². The van der Waals surface area contributed by atoms with Crippen molar-refractivity contribution in [2.24, 2.45) is 0 Å². The number of nitrogens with zero attached hydrogens (tertiary/aromatic N) is 1. The number of fused-ring (bicyclic) bond motifs is 1. The van der Waals surface area contributed by atoms with Gasteiger partial charge in [-0.3, -0.25) is 4.79 Å². The van der Waals surface area contributed by atoms with E-state index in [1.54, 1.807) is 18.0 Å². The number of carbonyl (C=O) groups excluding carboxylic acids is 2. The van der Waals surface area contributed by atoms with Gasteiger partial charge in [-0.05, 0) is 25.0 Å². The summed E-state index contributed by atoms with van der Waals surface area (Å²) in [6.07, 6.45) is 3.43. The van der Waals surface area contributed by atoms with E-state index in [0.29, 0.717) is 35.6 Å². The Bertz CT molecular complexity index is 675. The number of para-hydroxylation sites is 1. The monoisotopic (exact) mass is 411 g/mol. The van der Waals surface area contributed by atoms with Gasteiger partial charge in [0.2, 0.25) is 5.91 Å². The van der Waals surface area contributed by atoms with E-state index in [1.807, 2.05) is 30.0 Å². The Balaban J connectivity index is 1.29. The van der Waals surface area contributed by atoms with Crippen LogP contribution in [0.15, 0.2) is 24.3 Å². The van der Waals surface area contributed by atoms with Crippen molar-refractivity contribution in [3.05, 3.63) is 29.3 Å². The zero-order chi connectivity index (χ0) is 19.2. The number of hydrogen-bond acceptors (Lipinski definition) is 4. The van der Waals surface area contributed by atoms with Crippen LogP contribution in [-0.4, -0.2) is 60.1 Å². The molecule has 2 heterocycles. The number of unbranched alkanes of at least 4 members (excludes halogenated alkanes) is 1. The molecule has 148 valence electrons. The maximum Gasteiger partial charge on any atom is 0.315 e. The van der Waals surface area contributed by atoms with E-state index in [9.17, 15) is 9.59 Å². The van der Waals surface area contributed by atoms with Crippen LogP contribution in [0.2, 0.25) is 5.02 Å². The molecule has 27 heavy (non-hydrogen) atoms. The van der Waals surface area contributed by atoms with Gasteiger partial charge < -0.3 is 20.3 Å². The first-order chi connectivity index (χ1) is 13.0. The standard InChI is InChI=1S/C19H26ClN3O3S/c1-23(10-11-26-15-7-3-2-6-13(15)20)17(24)9-5-4-8-16-18-14(12-27-16)21-19(25)22-18/h2-3,6-7,14,16,18H,4-5,8-12H2,1H3,(H2,21,22,25)/t14-,16-,18+/m0/s1. The molecule has 2 aliphatic heterocycles. The molecule has 3 amide bonds. The Labute approximate surface area is 169 Å². The number of thioether (sulfide) groups is 1. The summed E-state index contributed by atoms with van der Waals surface area (Å²) in [6, 6.07) is 7.77. The number of hydrogen-bond donors (Lipinski definition) is 2. The Morgan fingerprint density at radius 1 is 1.33 bits per heavy atom. The summed E-state index contributed by atoms with van der Waals surface area (Å²) >= 11 is 7.96. The molecule has 2 N–H and O–H groups in total. The van der Waals surface area contributed by atoms with Crippen molar-refractivity contribution in [3.63, 3.8) is 0 Å². The molecule has 0 spiro atoms. The van der Waals surface area contributed by atoms with Crippen LogP contribution >= 0.6 is 23.4 Å². The Morgan fingerprint density at radius 2 is 2.15 bits per heavy atom. The molecule has 1 aromatic carbocycles. The number of ether oxygens (including phenoxy) is 1. The summed E-state index contributed by atoms with van der Waals surface area (Å²) in [5.41, 5.74) is 0. The second kappa shape index (κ2) is 9.55. The fraction of sp³-hybridized carbons (Fsp3) is 0.579. The zero-order valence-electron chi connectivity index (χ0n) is 15.4. The first-order valence-electron chi connectivity index (χ1n) is 9.34. The number of halogens is 1. The molecule has 0 aliphatic carbocycles. The predicted molar refractivity (Wildman–Crippen MR) is 109 cm³/mol. The average Bonchev–Trinajstić information content (AvgIpc) is 3.19. The molecule has 2 saturated heterocycles. The fourth-order valence-corrected chi connectivity index (χ4v) is 5.17. The van der Waals surface area contributed by atoms with E-state index in [0.717, 1.165) is 25.0 Å². The van der Waals surface area contributed by atoms with Crippen molar-refractivity contribution in [1.82, 2.24) is 15.5 Å². The lowest BCUT2D eigenvalue weighted by atomic mass is 10.0. The van der Waals surface area contributed by atoms with E-state index < -0.39 is 0 Å². The van der Waals surface area contributed by atoms with E-state index in [1.165, 1.54) is 0 Å². The molecule has 0 radical (unpaired) electrons. The molecule has 0 unspecified atom stereocenters. The van der Waals surface area contributed by atoms with Crippen molar-refractivity contribution in [1.29, 1.82) is 0 Å². The number of benzene rings is 1. The van der Waals surface area contributed by atoms with Gasteiger partial charge >= 0.3 is 6.03 Å². The number of carbonyl (C=O) groups is 2. The highest BCUT2D eigenvalue weighted by molar-refractivity contribution is 8.00. The van der Waals surface area contributed by atoms with Crippen LogP contribution < -0.4 is 15.4 Å². The highest BCUT2D eigenvalue weighted by Gasteiger charge is 2.42. The Morgan fingerprint density at radius 3 is 2.96 bits per heavy atom. The highest BCUT2D eigenvalue weighted by Crippen LogP contribution is 2.33. The Hall–Kier alpha value is -1.60. The Kier molecular flexibility index (Phi) is 7.13. The second-order valence-corrected chi connectivity index (χ2v) is 8.64. The van der Waals surface area contributed by atoms with Gasteiger partial charge in [0.05, 0.1) is 23.7 Å². The van der Waals surface area contributed by atoms with Gasteiger partial charge in [0.15, 0.2) is 0 Å². The molecule has 2 fully saturated rings. The molecule has 0 aromatic heterocycles. The van der Waals surface area contributed by atoms with Gasteiger partial charge in [-0.2, -0.15) is 11.8 Å². The van der Waals surface area contributed by atoms with Crippen LogP contribution in [0.1, 0.15) is 25.7 Å².